The standard InChI is InChI=1S/C8H8O2.C5H9I.C2H6/c1-10-8(9)7-5-3-2-4-6-7;1-2-3-4-5-6;1-2/h2-6H,1H3;2H,1,3-5H2;1-2H3. The van der Waals surface area contributed by atoms with E-state index in [0.717, 1.165) is 0 Å². The fourth-order valence-corrected chi connectivity index (χ4v) is 1.35. The molecule has 102 valence electrons. The highest BCUT2D eigenvalue weighted by Gasteiger charge is 2.00. The number of hydrogen-bond donors (Lipinski definition) is 0. The normalized spacial score (nSPS) is 8.00. The molecule has 0 saturated heterocycles. The van der Waals surface area contributed by atoms with E-state index >= 15 is 0 Å². The summed E-state index contributed by atoms with van der Waals surface area (Å²) in [6.07, 6.45) is 4.41. The van der Waals surface area contributed by atoms with E-state index in [0.29, 0.717) is 5.56 Å². The highest BCUT2D eigenvalue weighted by atomic mass is 127. The number of alkyl halides is 1. The van der Waals surface area contributed by atoms with Gasteiger partial charge in [0.05, 0.1) is 12.7 Å². The molecule has 0 fully saturated rings. The average Bonchev–Trinajstić information content (AvgIpc) is 2.48. The molecular weight excluding hydrogens is 339 g/mol. The molecule has 0 aliphatic heterocycles. The van der Waals surface area contributed by atoms with Crippen LogP contribution >= 0.6 is 22.6 Å². The first kappa shape index (κ1) is 19.5. The van der Waals surface area contributed by atoms with Gasteiger partial charge in [0.15, 0.2) is 0 Å². The van der Waals surface area contributed by atoms with Crippen LogP contribution in [0.2, 0.25) is 0 Å². The van der Waals surface area contributed by atoms with Gasteiger partial charge in [0, 0.05) is 0 Å². The van der Waals surface area contributed by atoms with Crippen molar-refractivity contribution >= 4 is 28.6 Å². The Kier molecular flexibility index (Phi) is 17.5. The minimum atomic E-state index is -0.291. The number of hydrogen-bond acceptors (Lipinski definition) is 2. The van der Waals surface area contributed by atoms with E-state index in [-0.39, 0.29) is 5.97 Å². The van der Waals surface area contributed by atoms with Gasteiger partial charge in [-0.15, -0.1) is 6.58 Å². The number of halogens is 1. The van der Waals surface area contributed by atoms with Gasteiger partial charge in [0.1, 0.15) is 0 Å². The minimum Gasteiger partial charge on any atom is -0.465 e. The molecule has 0 bridgehead atoms. The van der Waals surface area contributed by atoms with Crippen molar-refractivity contribution < 1.29 is 9.53 Å². The number of allylic oxidation sites excluding steroid dienone is 1. The molecule has 0 radical (unpaired) electrons. The van der Waals surface area contributed by atoms with Gasteiger partial charge in [0.25, 0.3) is 0 Å². The Morgan fingerprint density at radius 3 is 2.22 bits per heavy atom. The second-order valence-corrected chi connectivity index (χ2v) is 4.06. The maximum Gasteiger partial charge on any atom is 0.337 e. The van der Waals surface area contributed by atoms with Crippen molar-refractivity contribution in [2.75, 3.05) is 11.5 Å². The number of esters is 1. The third kappa shape index (κ3) is 11.6. The van der Waals surface area contributed by atoms with Crippen LogP contribution in [0.3, 0.4) is 0 Å². The molecule has 0 aliphatic rings. The fraction of sp³-hybridized carbons (Fsp3) is 0.400. The van der Waals surface area contributed by atoms with Gasteiger partial charge in [-0.25, -0.2) is 4.79 Å². The molecule has 1 aromatic carbocycles. The number of benzene rings is 1. The summed E-state index contributed by atoms with van der Waals surface area (Å²) in [5.74, 6) is -0.291. The average molecular weight is 362 g/mol. The summed E-state index contributed by atoms with van der Waals surface area (Å²) in [7, 11) is 1.37. The summed E-state index contributed by atoms with van der Waals surface area (Å²) < 4.78 is 5.75. The molecule has 0 aliphatic carbocycles. The first-order valence-electron chi connectivity index (χ1n) is 6.06. The zero-order chi connectivity index (χ0) is 14.2. The number of unbranched alkanes of at least 4 members (excludes halogenated alkanes) is 1. The molecule has 0 amide bonds. The van der Waals surface area contributed by atoms with Crippen LogP contribution in [-0.2, 0) is 4.74 Å². The van der Waals surface area contributed by atoms with E-state index < -0.39 is 0 Å². The van der Waals surface area contributed by atoms with E-state index in [1.54, 1.807) is 24.3 Å². The quantitative estimate of drug-likeness (QED) is 0.251. The van der Waals surface area contributed by atoms with Crippen LogP contribution in [0.4, 0.5) is 0 Å². The lowest BCUT2D eigenvalue weighted by Crippen LogP contribution is -1.99. The minimum absolute atomic E-state index is 0.291. The Morgan fingerprint density at radius 2 is 1.89 bits per heavy atom. The Morgan fingerprint density at radius 1 is 1.33 bits per heavy atom. The third-order valence-corrected chi connectivity index (χ3v) is 2.50. The zero-order valence-corrected chi connectivity index (χ0v) is 13.6. The lowest BCUT2D eigenvalue weighted by Gasteiger charge is -1.95. The van der Waals surface area contributed by atoms with E-state index in [9.17, 15) is 4.79 Å². The van der Waals surface area contributed by atoms with Gasteiger partial charge in [-0.05, 0) is 29.4 Å². The van der Waals surface area contributed by atoms with Gasteiger partial charge >= 0.3 is 5.97 Å². The van der Waals surface area contributed by atoms with E-state index in [1.165, 1.54) is 24.4 Å². The Labute approximate surface area is 125 Å². The predicted molar refractivity (Wildman–Crippen MR) is 87.4 cm³/mol. The van der Waals surface area contributed by atoms with Gasteiger partial charge in [-0.3, -0.25) is 0 Å². The second-order valence-electron chi connectivity index (χ2n) is 2.98. The molecule has 1 aromatic rings. The number of rotatable bonds is 4. The van der Waals surface area contributed by atoms with Crippen molar-refractivity contribution in [3.8, 4) is 0 Å². The fourth-order valence-electron chi connectivity index (χ4n) is 0.914. The third-order valence-electron chi connectivity index (χ3n) is 1.74. The van der Waals surface area contributed by atoms with E-state index in [2.05, 4.69) is 33.9 Å². The SMILES string of the molecule is C=CCCCI.CC.COC(=O)c1ccccc1. The first-order chi connectivity index (χ1) is 8.76. The van der Waals surface area contributed by atoms with Crippen LogP contribution in [0.5, 0.6) is 0 Å². The smallest absolute Gasteiger partial charge is 0.337 e. The lowest BCUT2D eigenvalue weighted by atomic mass is 10.2. The maximum atomic E-state index is 10.8. The van der Waals surface area contributed by atoms with Crippen molar-refractivity contribution in [3.63, 3.8) is 0 Å². The molecule has 0 aromatic heterocycles. The van der Waals surface area contributed by atoms with Crippen LogP contribution in [0.25, 0.3) is 0 Å². The molecule has 3 heteroatoms. The summed E-state index contributed by atoms with van der Waals surface area (Å²) in [4.78, 5) is 10.8. The van der Waals surface area contributed by atoms with Gasteiger partial charge < -0.3 is 4.74 Å². The number of ether oxygens (including phenoxy) is 1. The summed E-state index contributed by atoms with van der Waals surface area (Å²) in [5.41, 5.74) is 0.588. The maximum absolute atomic E-state index is 10.8. The molecule has 18 heavy (non-hydrogen) atoms. The van der Waals surface area contributed by atoms with Crippen LogP contribution in [0.15, 0.2) is 43.0 Å². The second kappa shape index (κ2) is 16.2. The highest BCUT2D eigenvalue weighted by molar-refractivity contribution is 14.1. The highest BCUT2D eigenvalue weighted by Crippen LogP contribution is 1.98. The predicted octanol–water partition coefficient (Wildman–Crippen LogP) is 4.89. The first-order valence-corrected chi connectivity index (χ1v) is 7.59. The van der Waals surface area contributed by atoms with Crippen LogP contribution < -0.4 is 0 Å². The van der Waals surface area contributed by atoms with Crippen LogP contribution in [0.1, 0.15) is 37.0 Å². The molecule has 1 rings (SSSR count). The summed E-state index contributed by atoms with van der Waals surface area (Å²) >= 11 is 2.36. The monoisotopic (exact) mass is 362 g/mol. The van der Waals surface area contributed by atoms with Crippen molar-refractivity contribution in [2.45, 2.75) is 26.7 Å². The largest absolute Gasteiger partial charge is 0.465 e. The number of methoxy groups -OCH3 is 1. The Balaban J connectivity index is 0. The van der Waals surface area contributed by atoms with Crippen LogP contribution in [-0.4, -0.2) is 17.5 Å². The van der Waals surface area contributed by atoms with Crippen LogP contribution in [0, 0.1) is 0 Å². The molecule has 0 unspecified atom stereocenters. The molecule has 0 N–H and O–H groups in total. The van der Waals surface area contributed by atoms with Gasteiger partial charge in [-0.2, -0.15) is 0 Å². The molecule has 0 atom stereocenters. The molecule has 0 spiro atoms. The topological polar surface area (TPSA) is 26.3 Å². The van der Waals surface area contributed by atoms with Crippen molar-refractivity contribution in [1.29, 1.82) is 0 Å². The summed E-state index contributed by atoms with van der Waals surface area (Å²) in [6.45, 7) is 7.59. The zero-order valence-electron chi connectivity index (χ0n) is 11.5. The van der Waals surface area contributed by atoms with Gasteiger partial charge in [-0.1, -0.05) is 60.7 Å². The van der Waals surface area contributed by atoms with Crippen molar-refractivity contribution in [2.24, 2.45) is 0 Å². The Hall–Kier alpha value is -0.840. The van der Waals surface area contributed by atoms with Crippen molar-refractivity contribution in [3.05, 3.63) is 48.6 Å². The molecule has 2 nitrogen and oxygen atoms in total. The summed E-state index contributed by atoms with van der Waals surface area (Å²) in [6, 6.07) is 8.88. The van der Waals surface area contributed by atoms with E-state index in [1.807, 2.05) is 26.0 Å². The molecule has 0 heterocycles. The summed E-state index contributed by atoms with van der Waals surface area (Å²) in [5, 5.41) is 0. The Bertz CT molecular complexity index is 297. The lowest BCUT2D eigenvalue weighted by molar-refractivity contribution is 0.0601. The van der Waals surface area contributed by atoms with Gasteiger partial charge in [0.2, 0.25) is 0 Å². The van der Waals surface area contributed by atoms with Crippen molar-refractivity contribution in [1.82, 2.24) is 0 Å². The van der Waals surface area contributed by atoms with E-state index in [4.69, 9.17) is 0 Å². The number of carbonyl (C=O) groups is 1. The molecule has 0 saturated carbocycles. The number of carbonyl (C=O) groups excluding carboxylic acids is 1. The molecular formula is C15H23IO2.